The Labute approximate surface area is 132 Å². The van der Waals surface area contributed by atoms with Gasteiger partial charge in [-0.2, -0.15) is 13.2 Å². The van der Waals surface area contributed by atoms with Crippen LogP contribution in [0.5, 0.6) is 0 Å². The van der Waals surface area contributed by atoms with Crippen LogP contribution in [0.15, 0.2) is 47.0 Å². The van der Waals surface area contributed by atoms with E-state index < -0.39 is 17.3 Å². The summed E-state index contributed by atoms with van der Waals surface area (Å²) in [5.74, 6) is 0.431. The number of rotatable bonds is 3. The van der Waals surface area contributed by atoms with Crippen LogP contribution >= 0.6 is 11.3 Å². The lowest BCUT2D eigenvalue weighted by Gasteiger charge is -2.09. The molecule has 0 spiro atoms. The molecule has 0 amide bonds. The zero-order valence-corrected chi connectivity index (χ0v) is 12.3. The average molecular weight is 338 g/mol. The van der Waals surface area contributed by atoms with E-state index >= 15 is 0 Å². The first-order valence-corrected chi connectivity index (χ1v) is 7.31. The molecule has 23 heavy (non-hydrogen) atoms. The summed E-state index contributed by atoms with van der Waals surface area (Å²) < 4.78 is 39.2. The van der Waals surface area contributed by atoms with E-state index in [0.29, 0.717) is 16.5 Å². The first-order valence-electron chi connectivity index (χ1n) is 6.43. The van der Waals surface area contributed by atoms with Gasteiger partial charge < -0.3 is 4.57 Å². The van der Waals surface area contributed by atoms with Crippen LogP contribution in [0.4, 0.5) is 13.2 Å². The fraction of sp³-hybridized carbons (Fsp3) is 0.143. The van der Waals surface area contributed by atoms with Gasteiger partial charge in [0.2, 0.25) is 0 Å². The van der Waals surface area contributed by atoms with Crippen molar-refractivity contribution in [2.24, 2.45) is 0 Å². The van der Waals surface area contributed by atoms with Crippen molar-refractivity contribution < 1.29 is 13.2 Å². The Morgan fingerprint density at radius 2 is 1.91 bits per heavy atom. The van der Waals surface area contributed by atoms with Gasteiger partial charge in [0, 0.05) is 24.0 Å². The average Bonchev–Trinajstić information content (AvgIpc) is 2.98. The molecule has 0 atom stereocenters. The summed E-state index contributed by atoms with van der Waals surface area (Å²) in [6.45, 7) is -0.0495. The topological polar surface area (TPSA) is 60.7 Å². The smallest absolute Gasteiger partial charge is 0.309 e. The monoisotopic (exact) mass is 338 g/mol. The minimum Gasteiger partial charge on any atom is -0.309 e. The first-order chi connectivity index (χ1) is 10.9. The van der Waals surface area contributed by atoms with Crippen molar-refractivity contribution in [2.75, 3.05) is 0 Å². The molecule has 0 aromatic carbocycles. The molecule has 0 unspecified atom stereocenters. The van der Waals surface area contributed by atoms with Crippen LogP contribution in [0.3, 0.4) is 0 Å². The summed E-state index contributed by atoms with van der Waals surface area (Å²) in [6.07, 6.45) is -0.234. The Morgan fingerprint density at radius 3 is 2.61 bits per heavy atom. The zero-order chi connectivity index (χ0) is 16.4. The van der Waals surface area contributed by atoms with Crippen molar-refractivity contribution in [1.29, 1.82) is 0 Å². The highest BCUT2D eigenvalue weighted by Gasteiger charge is 2.34. The molecule has 0 bridgehead atoms. The highest BCUT2D eigenvalue weighted by molar-refractivity contribution is 7.13. The molecule has 0 fully saturated rings. The second-order valence-electron chi connectivity index (χ2n) is 4.57. The van der Waals surface area contributed by atoms with Gasteiger partial charge in [-0.15, -0.1) is 11.3 Å². The third-order valence-electron chi connectivity index (χ3n) is 2.97. The van der Waals surface area contributed by atoms with E-state index in [0.717, 1.165) is 10.6 Å². The van der Waals surface area contributed by atoms with Gasteiger partial charge in [0.05, 0.1) is 12.2 Å². The van der Waals surface area contributed by atoms with E-state index in [1.165, 1.54) is 23.6 Å². The third kappa shape index (κ3) is 3.29. The Kier molecular flexibility index (Phi) is 3.95. The van der Waals surface area contributed by atoms with E-state index in [2.05, 4.69) is 15.0 Å². The van der Waals surface area contributed by atoms with Crippen molar-refractivity contribution in [1.82, 2.24) is 19.5 Å². The number of pyridine rings is 1. The minimum absolute atomic E-state index is 0.0495. The van der Waals surface area contributed by atoms with Gasteiger partial charge in [-0.05, 0) is 18.2 Å². The Balaban J connectivity index is 1.89. The normalized spacial score (nSPS) is 11.6. The molecule has 0 radical (unpaired) electrons. The number of aromatic nitrogens is 4. The largest absolute Gasteiger partial charge is 0.421 e. The van der Waals surface area contributed by atoms with Crippen LogP contribution in [0.2, 0.25) is 0 Å². The highest BCUT2D eigenvalue weighted by Crippen LogP contribution is 2.26. The lowest BCUT2D eigenvalue weighted by Crippen LogP contribution is -2.28. The van der Waals surface area contributed by atoms with Crippen LogP contribution in [0.1, 0.15) is 11.3 Å². The molecule has 0 saturated carbocycles. The number of nitrogens with zero attached hydrogens (tertiary/aromatic N) is 4. The van der Waals surface area contributed by atoms with Crippen LogP contribution in [0, 0.1) is 0 Å². The summed E-state index contributed by atoms with van der Waals surface area (Å²) in [4.78, 5) is 24.3. The molecule has 0 saturated heterocycles. The molecule has 9 heteroatoms. The quantitative estimate of drug-likeness (QED) is 0.737. The molecule has 0 aliphatic carbocycles. The van der Waals surface area contributed by atoms with Crippen LogP contribution in [-0.2, 0) is 12.7 Å². The maximum atomic E-state index is 12.7. The van der Waals surface area contributed by atoms with E-state index in [1.54, 1.807) is 23.8 Å². The lowest BCUT2D eigenvalue weighted by molar-refractivity contribution is -0.138. The lowest BCUT2D eigenvalue weighted by atomic mass is 10.2. The molecule has 3 rings (SSSR count). The second-order valence-corrected chi connectivity index (χ2v) is 5.43. The predicted octanol–water partition coefficient (Wildman–Crippen LogP) is 2.83. The second kappa shape index (κ2) is 5.92. The highest BCUT2D eigenvalue weighted by atomic mass is 32.1. The fourth-order valence-electron chi connectivity index (χ4n) is 1.94. The summed E-state index contributed by atoms with van der Waals surface area (Å²) in [7, 11) is 0. The van der Waals surface area contributed by atoms with Crippen LogP contribution in [-0.4, -0.2) is 19.5 Å². The maximum Gasteiger partial charge on any atom is 0.421 e. The maximum absolute atomic E-state index is 12.7. The molecule has 3 aromatic heterocycles. The van der Waals surface area contributed by atoms with Crippen molar-refractivity contribution in [3.8, 4) is 10.8 Å². The van der Waals surface area contributed by atoms with E-state index in [9.17, 15) is 18.0 Å². The molecular formula is C14H9F3N4OS. The number of hydrogen-bond acceptors (Lipinski definition) is 5. The van der Waals surface area contributed by atoms with Crippen molar-refractivity contribution in [2.45, 2.75) is 12.7 Å². The summed E-state index contributed by atoms with van der Waals surface area (Å²) in [5, 5.41) is 2.21. The SMILES string of the molecule is O=c1c(C(F)(F)F)cccn1Cc1csc(-c2ncccn2)n1. The molecule has 3 heterocycles. The number of halogens is 3. The van der Waals surface area contributed by atoms with Crippen LogP contribution < -0.4 is 5.56 Å². The minimum atomic E-state index is -4.68. The van der Waals surface area contributed by atoms with Gasteiger partial charge in [-0.3, -0.25) is 4.79 Å². The van der Waals surface area contributed by atoms with Crippen molar-refractivity contribution >= 4 is 11.3 Å². The van der Waals surface area contributed by atoms with E-state index in [4.69, 9.17) is 0 Å². The summed E-state index contributed by atoms with van der Waals surface area (Å²) in [5.41, 5.74) is -1.81. The van der Waals surface area contributed by atoms with Gasteiger partial charge in [0.15, 0.2) is 10.8 Å². The molecule has 0 N–H and O–H groups in total. The third-order valence-corrected chi connectivity index (χ3v) is 3.85. The number of alkyl halides is 3. The summed E-state index contributed by atoms with van der Waals surface area (Å²) >= 11 is 1.26. The van der Waals surface area contributed by atoms with Gasteiger partial charge in [-0.1, -0.05) is 0 Å². The molecule has 0 aliphatic heterocycles. The molecule has 3 aromatic rings. The zero-order valence-electron chi connectivity index (χ0n) is 11.5. The van der Waals surface area contributed by atoms with Gasteiger partial charge in [-0.25, -0.2) is 15.0 Å². The molecule has 118 valence electrons. The number of hydrogen-bond donors (Lipinski definition) is 0. The fourth-order valence-corrected chi connectivity index (χ4v) is 2.70. The van der Waals surface area contributed by atoms with Gasteiger partial charge in [0.25, 0.3) is 5.56 Å². The van der Waals surface area contributed by atoms with E-state index in [-0.39, 0.29) is 6.54 Å². The molecule has 5 nitrogen and oxygen atoms in total. The Bertz CT molecular complexity index is 873. The standard InChI is InChI=1S/C14H9F3N4OS/c15-14(16,17)10-3-1-6-21(13(10)22)7-9-8-23-12(20-9)11-18-4-2-5-19-11/h1-6,8H,7H2. The van der Waals surface area contributed by atoms with Crippen molar-refractivity contribution in [3.05, 3.63) is 63.8 Å². The van der Waals surface area contributed by atoms with Gasteiger partial charge in [0.1, 0.15) is 5.56 Å². The molecule has 0 aliphatic rings. The van der Waals surface area contributed by atoms with E-state index in [1.807, 2.05) is 0 Å². The summed E-state index contributed by atoms with van der Waals surface area (Å²) in [6, 6.07) is 3.63. The first kappa shape index (κ1) is 15.3. The van der Waals surface area contributed by atoms with Gasteiger partial charge >= 0.3 is 6.18 Å². The van der Waals surface area contributed by atoms with Crippen molar-refractivity contribution in [3.63, 3.8) is 0 Å². The van der Waals surface area contributed by atoms with Crippen LogP contribution in [0.25, 0.3) is 10.8 Å². The predicted molar refractivity (Wildman–Crippen MR) is 77.9 cm³/mol. The molecular weight excluding hydrogens is 329 g/mol. The number of thiazole rings is 1. The Morgan fingerprint density at radius 1 is 1.17 bits per heavy atom. The Hall–Kier alpha value is -2.55.